The molecule has 3 rings (SSSR count). The summed E-state index contributed by atoms with van der Waals surface area (Å²) in [7, 11) is 1.57. The van der Waals surface area contributed by atoms with E-state index in [1.54, 1.807) is 37.5 Å². The average molecular weight is 398 g/mol. The molecule has 2 heterocycles. The number of anilines is 1. The van der Waals surface area contributed by atoms with E-state index in [-0.39, 0.29) is 16.7 Å². The van der Waals surface area contributed by atoms with Crippen molar-refractivity contribution in [2.24, 2.45) is 0 Å². The van der Waals surface area contributed by atoms with Crippen molar-refractivity contribution in [1.29, 1.82) is 0 Å². The maximum Gasteiger partial charge on any atom is 0.270 e. The molecule has 0 radical (unpaired) electrons. The quantitative estimate of drug-likeness (QED) is 0.487. The third kappa shape index (κ3) is 3.45. The number of aryl methyl sites for hydroxylation is 1. The van der Waals surface area contributed by atoms with Gasteiger partial charge in [-0.25, -0.2) is 0 Å². The number of rotatable bonds is 4. The summed E-state index contributed by atoms with van der Waals surface area (Å²) in [5, 5.41) is 2.67. The zero-order valence-electron chi connectivity index (χ0n) is 16.6. The summed E-state index contributed by atoms with van der Waals surface area (Å²) in [6.45, 7) is 8.19. The van der Waals surface area contributed by atoms with Crippen LogP contribution in [0.3, 0.4) is 0 Å². The number of benzene rings is 1. The first-order valence-electron chi connectivity index (χ1n) is 8.98. The van der Waals surface area contributed by atoms with Gasteiger partial charge in [0.2, 0.25) is 0 Å². The van der Waals surface area contributed by atoms with Crippen molar-refractivity contribution in [2.45, 2.75) is 33.7 Å². The molecule has 1 N–H and O–H groups in total. The first-order valence-corrected chi connectivity index (χ1v) is 9.39. The molecule has 0 saturated carbocycles. The summed E-state index contributed by atoms with van der Waals surface area (Å²) in [4.78, 5) is 26.9. The van der Waals surface area contributed by atoms with Crippen molar-refractivity contribution < 1.29 is 14.3 Å². The largest absolute Gasteiger partial charge is 0.497 e. The lowest BCUT2D eigenvalue weighted by Gasteiger charge is -2.29. The highest BCUT2D eigenvalue weighted by atomic mass is 32.1. The van der Waals surface area contributed by atoms with E-state index in [0.717, 1.165) is 17.0 Å². The van der Waals surface area contributed by atoms with Gasteiger partial charge in [0.25, 0.3) is 11.8 Å². The molecule has 1 saturated heterocycles. The number of methoxy groups -OCH3 is 1. The fourth-order valence-electron chi connectivity index (χ4n) is 3.52. The summed E-state index contributed by atoms with van der Waals surface area (Å²) in [5.41, 5.74) is 3.53. The minimum atomic E-state index is -0.492. The second-order valence-corrected chi connectivity index (χ2v) is 7.33. The van der Waals surface area contributed by atoms with Gasteiger partial charge in [-0.3, -0.25) is 19.8 Å². The molecule has 1 aliphatic heterocycles. The Morgan fingerprint density at radius 2 is 1.79 bits per heavy atom. The molecule has 1 fully saturated rings. The lowest BCUT2D eigenvalue weighted by Crippen LogP contribution is -2.54. The molecule has 1 aromatic heterocycles. The van der Waals surface area contributed by atoms with E-state index >= 15 is 0 Å². The normalized spacial score (nSPS) is 16.1. The van der Waals surface area contributed by atoms with Gasteiger partial charge in [-0.15, -0.1) is 0 Å². The van der Waals surface area contributed by atoms with Gasteiger partial charge in [0.1, 0.15) is 11.3 Å². The Morgan fingerprint density at radius 3 is 2.32 bits per heavy atom. The van der Waals surface area contributed by atoms with Gasteiger partial charge in [-0.05, 0) is 81.9 Å². The van der Waals surface area contributed by atoms with Gasteiger partial charge in [0.15, 0.2) is 5.11 Å². The van der Waals surface area contributed by atoms with Crippen molar-refractivity contribution in [1.82, 2.24) is 9.88 Å². The number of nitrogens with one attached hydrogen (secondary N) is 1. The molecule has 7 heteroatoms. The highest BCUT2D eigenvalue weighted by molar-refractivity contribution is 7.80. The minimum absolute atomic E-state index is 0.0495. The van der Waals surface area contributed by atoms with Crippen LogP contribution in [0.1, 0.15) is 36.8 Å². The SMILES string of the molecule is COc1ccc(N2C(=O)/C(=C/c3cc(C)n(C(C)C)c3C)C(=O)NC2=S)cc1. The lowest BCUT2D eigenvalue weighted by atomic mass is 10.1. The Balaban J connectivity index is 2.02. The highest BCUT2D eigenvalue weighted by Crippen LogP contribution is 2.26. The number of ether oxygens (including phenoxy) is 1. The predicted molar refractivity (Wildman–Crippen MR) is 113 cm³/mol. The van der Waals surface area contributed by atoms with Gasteiger partial charge in [0, 0.05) is 17.4 Å². The van der Waals surface area contributed by atoms with Gasteiger partial charge in [0.05, 0.1) is 12.8 Å². The zero-order chi connectivity index (χ0) is 20.6. The number of aromatic nitrogens is 1. The van der Waals surface area contributed by atoms with Gasteiger partial charge < -0.3 is 9.30 Å². The fraction of sp³-hybridized carbons (Fsp3) is 0.286. The number of thiocarbonyl (C=S) groups is 1. The van der Waals surface area contributed by atoms with E-state index in [2.05, 4.69) is 23.7 Å². The fourth-order valence-corrected chi connectivity index (χ4v) is 3.80. The topological polar surface area (TPSA) is 63.6 Å². The molecule has 6 nitrogen and oxygen atoms in total. The summed E-state index contributed by atoms with van der Waals surface area (Å²) in [5.74, 6) is -0.276. The van der Waals surface area contributed by atoms with Crippen LogP contribution in [0.25, 0.3) is 6.08 Å². The lowest BCUT2D eigenvalue weighted by molar-refractivity contribution is -0.122. The van der Waals surface area contributed by atoms with Crippen molar-refractivity contribution >= 4 is 40.9 Å². The van der Waals surface area contributed by atoms with E-state index in [9.17, 15) is 9.59 Å². The van der Waals surface area contributed by atoms with Crippen LogP contribution in [-0.4, -0.2) is 28.6 Å². The maximum absolute atomic E-state index is 13.1. The van der Waals surface area contributed by atoms with Crippen LogP contribution in [0.5, 0.6) is 5.75 Å². The Kier molecular flexibility index (Phi) is 5.38. The summed E-state index contributed by atoms with van der Waals surface area (Å²) in [6.07, 6.45) is 1.64. The third-order valence-corrected chi connectivity index (χ3v) is 5.06. The van der Waals surface area contributed by atoms with Crippen LogP contribution >= 0.6 is 12.2 Å². The number of hydrogen-bond acceptors (Lipinski definition) is 4. The molecule has 0 aliphatic carbocycles. The molecular weight excluding hydrogens is 374 g/mol. The first kappa shape index (κ1) is 19.8. The Labute approximate surface area is 169 Å². The number of hydrogen-bond donors (Lipinski definition) is 1. The molecule has 2 amide bonds. The van der Waals surface area contributed by atoms with Crippen LogP contribution in [0, 0.1) is 13.8 Å². The first-order chi connectivity index (χ1) is 13.2. The molecule has 28 heavy (non-hydrogen) atoms. The average Bonchev–Trinajstić information content (AvgIpc) is 2.92. The second-order valence-electron chi connectivity index (χ2n) is 6.95. The Morgan fingerprint density at radius 1 is 1.14 bits per heavy atom. The molecular formula is C21H23N3O3S. The molecule has 1 aliphatic rings. The number of carbonyl (C=O) groups is 2. The van der Waals surface area contributed by atoms with E-state index in [1.165, 1.54) is 4.90 Å². The summed E-state index contributed by atoms with van der Waals surface area (Å²) >= 11 is 5.24. The van der Waals surface area contributed by atoms with Crippen molar-refractivity contribution in [2.75, 3.05) is 12.0 Å². The monoisotopic (exact) mass is 397 g/mol. The number of carbonyl (C=O) groups excluding carboxylic acids is 2. The van der Waals surface area contributed by atoms with Crippen molar-refractivity contribution in [3.63, 3.8) is 0 Å². The maximum atomic E-state index is 13.1. The minimum Gasteiger partial charge on any atom is -0.497 e. The molecule has 146 valence electrons. The molecule has 2 aromatic rings. The molecule has 0 unspecified atom stereocenters. The second kappa shape index (κ2) is 7.59. The Bertz CT molecular complexity index is 987. The summed E-state index contributed by atoms with van der Waals surface area (Å²) < 4.78 is 7.32. The number of nitrogens with zero attached hydrogens (tertiary/aromatic N) is 2. The van der Waals surface area contributed by atoms with E-state index < -0.39 is 11.8 Å². The van der Waals surface area contributed by atoms with Crippen LogP contribution in [-0.2, 0) is 9.59 Å². The van der Waals surface area contributed by atoms with Crippen molar-refractivity contribution in [3.05, 3.63) is 52.9 Å². The van der Waals surface area contributed by atoms with Crippen LogP contribution in [0.4, 0.5) is 5.69 Å². The molecule has 0 bridgehead atoms. The van der Waals surface area contributed by atoms with Gasteiger partial charge in [-0.2, -0.15) is 0 Å². The third-order valence-electron chi connectivity index (χ3n) is 4.77. The highest BCUT2D eigenvalue weighted by Gasteiger charge is 2.34. The zero-order valence-corrected chi connectivity index (χ0v) is 17.4. The molecule has 0 spiro atoms. The van der Waals surface area contributed by atoms with E-state index in [4.69, 9.17) is 17.0 Å². The van der Waals surface area contributed by atoms with Crippen LogP contribution in [0.15, 0.2) is 35.9 Å². The van der Waals surface area contributed by atoms with E-state index in [1.807, 2.05) is 19.9 Å². The van der Waals surface area contributed by atoms with Crippen LogP contribution in [0.2, 0.25) is 0 Å². The number of amides is 2. The standard InChI is InChI=1S/C21H23N3O3S/c1-12(2)23-13(3)10-15(14(23)4)11-18-19(25)22-21(28)24(20(18)26)16-6-8-17(27-5)9-7-16/h6-12H,1-5H3,(H,22,25,28)/b18-11+. The van der Waals surface area contributed by atoms with Crippen LogP contribution < -0.4 is 15.0 Å². The van der Waals surface area contributed by atoms with Gasteiger partial charge in [-0.1, -0.05) is 0 Å². The smallest absolute Gasteiger partial charge is 0.270 e. The van der Waals surface area contributed by atoms with Crippen molar-refractivity contribution in [3.8, 4) is 5.75 Å². The van der Waals surface area contributed by atoms with Gasteiger partial charge >= 0.3 is 0 Å². The predicted octanol–water partition coefficient (Wildman–Crippen LogP) is 3.53. The Hall–Kier alpha value is -2.93. The molecule has 1 aromatic carbocycles. The van der Waals surface area contributed by atoms with E-state index in [0.29, 0.717) is 11.4 Å². The molecule has 0 atom stereocenters. The summed E-state index contributed by atoms with van der Waals surface area (Å²) in [6, 6.07) is 9.19.